The maximum atomic E-state index is 12.0. The van der Waals surface area contributed by atoms with Gasteiger partial charge in [-0.15, -0.1) is 0 Å². The molecule has 0 radical (unpaired) electrons. The Hall–Kier alpha value is -0.570. The highest BCUT2D eigenvalue weighted by molar-refractivity contribution is 5.81. The van der Waals surface area contributed by atoms with Crippen molar-refractivity contribution in [2.75, 3.05) is 13.1 Å². The number of rotatable bonds is 6. The zero-order valence-corrected chi connectivity index (χ0v) is 10.8. The third kappa shape index (κ3) is 4.65. The van der Waals surface area contributed by atoms with Crippen molar-refractivity contribution in [2.24, 2.45) is 17.6 Å². The maximum Gasteiger partial charge on any atom is 0.239 e. The Morgan fingerprint density at radius 3 is 2.13 bits per heavy atom. The van der Waals surface area contributed by atoms with Gasteiger partial charge in [-0.3, -0.25) is 4.79 Å². The van der Waals surface area contributed by atoms with Crippen molar-refractivity contribution in [1.29, 1.82) is 0 Å². The minimum absolute atomic E-state index is 0.0906. The lowest BCUT2D eigenvalue weighted by Gasteiger charge is -2.28. The molecule has 3 heteroatoms. The van der Waals surface area contributed by atoms with Crippen molar-refractivity contribution < 1.29 is 4.79 Å². The molecule has 0 heterocycles. The largest absolute Gasteiger partial charge is 0.341 e. The van der Waals surface area contributed by atoms with Crippen molar-refractivity contribution in [1.82, 2.24) is 4.90 Å². The van der Waals surface area contributed by atoms with Gasteiger partial charge in [0, 0.05) is 13.1 Å². The van der Waals surface area contributed by atoms with Crippen LogP contribution in [0.5, 0.6) is 0 Å². The summed E-state index contributed by atoms with van der Waals surface area (Å²) in [5, 5.41) is 0. The lowest BCUT2D eigenvalue weighted by molar-refractivity contribution is -0.134. The van der Waals surface area contributed by atoms with Crippen LogP contribution < -0.4 is 5.73 Å². The molecular weight excluding hydrogens is 188 g/mol. The lowest BCUT2D eigenvalue weighted by Crippen LogP contribution is -2.47. The summed E-state index contributed by atoms with van der Waals surface area (Å²) in [5.74, 6) is 0.851. The standard InChI is InChI=1S/C12H26N2O/c1-6-10(5)8-14(7-2)12(15)11(13)9(3)4/h9-11H,6-8,13H2,1-5H3/t10?,11-/m1/s1. The van der Waals surface area contributed by atoms with Gasteiger partial charge in [0.05, 0.1) is 6.04 Å². The van der Waals surface area contributed by atoms with Crippen LogP contribution in [-0.2, 0) is 4.79 Å². The fraction of sp³-hybridized carbons (Fsp3) is 0.917. The molecule has 0 aromatic carbocycles. The van der Waals surface area contributed by atoms with Crippen LogP contribution in [0.25, 0.3) is 0 Å². The Labute approximate surface area is 94.0 Å². The van der Waals surface area contributed by atoms with E-state index in [4.69, 9.17) is 5.73 Å². The van der Waals surface area contributed by atoms with Gasteiger partial charge in [0.2, 0.25) is 5.91 Å². The van der Waals surface area contributed by atoms with Gasteiger partial charge >= 0.3 is 0 Å². The first-order valence-electron chi connectivity index (χ1n) is 5.98. The first kappa shape index (κ1) is 14.4. The van der Waals surface area contributed by atoms with Crippen molar-refractivity contribution in [2.45, 2.75) is 47.1 Å². The lowest BCUT2D eigenvalue weighted by atomic mass is 10.0. The van der Waals surface area contributed by atoms with Crippen LogP contribution in [0.4, 0.5) is 0 Å². The molecule has 0 saturated carbocycles. The molecular formula is C12H26N2O. The van der Waals surface area contributed by atoms with Gasteiger partial charge in [0.15, 0.2) is 0 Å². The average molecular weight is 214 g/mol. The zero-order valence-electron chi connectivity index (χ0n) is 10.8. The number of nitrogens with zero attached hydrogens (tertiary/aromatic N) is 1. The highest BCUT2D eigenvalue weighted by Gasteiger charge is 2.23. The molecule has 15 heavy (non-hydrogen) atoms. The molecule has 0 aromatic rings. The molecule has 0 bridgehead atoms. The number of likely N-dealkylation sites (N-methyl/N-ethyl adjacent to an activating group) is 1. The molecule has 0 aliphatic rings. The summed E-state index contributed by atoms with van der Waals surface area (Å²) >= 11 is 0. The van der Waals surface area contributed by atoms with E-state index in [0.717, 1.165) is 19.5 Å². The Bertz CT molecular complexity index is 192. The van der Waals surface area contributed by atoms with Crippen LogP contribution in [0, 0.1) is 11.8 Å². The van der Waals surface area contributed by atoms with E-state index >= 15 is 0 Å². The Kier molecular flexibility index (Phi) is 6.57. The molecule has 0 spiro atoms. The summed E-state index contributed by atoms with van der Waals surface area (Å²) in [6.07, 6.45) is 1.10. The fourth-order valence-electron chi connectivity index (χ4n) is 1.38. The molecule has 0 rings (SSSR count). The molecule has 2 N–H and O–H groups in total. The van der Waals surface area contributed by atoms with E-state index in [9.17, 15) is 4.79 Å². The van der Waals surface area contributed by atoms with E-state index < -0.39 is 0 Å². The first-order valence-corrected chi connectivity index (χ1v) is 5.98. The normalized spacial score (nSPS) is 15.1. The second kappa shape index (κ2) is 6.83. The van der Waals surface area contributed by atoms with Crippen molar-refractivity contribution >= 4 is 5.91 Å². The molecule has 0 saturated heterocycles. The monoisotopic (exact) mass is 214 g/mol. The zero-order chi connectivity index (χ0) is 12.0. The van der Waals surface area contributed by atoms with Crippen LogP contribution in [0.2, 0.25) is 0 Å². The number of nitrogens with two attached hydrogens (primary N) is 1. The minimum Gasteiger partial charge on any atom is -0.341 e. The highest BCUT2D eigenvalue weighted by Crippen LogP contribution is 2.08. The second-order valence-electron chi connectivity index (χ2n) is 4.66. The van der Waals surface area contributed by atoms with Crippen LogP contribution >= 0.6 is 0 Å². The molecule has 3 nitrogen and oxygen atoms in total. The predicted octanol–water partition coefficient (Wildman–Crippen LogP) is 1.86. The smallest absolute Gasteiger partial charge is 0.239 e. The molecule has 1 unspecified atom stereocenters. The molecule has 0 aromatic heterocycles. The van der Waals surface area contributed by atoms with E-state index in [-0.39, 0.29) is 17.9 Å². The topological polar surface area (TPSA) is 46.3 Å². The molecule has 90 valence electrons. The Morgan fingerprint density at radius 2 is 1.80 bits per heavy atom. The summed E-state index contributed by atoms with van der Waals surface area (Å²) in [6, 6.07) is -0.353. The minimum atomic E-state index is -0.353. The van der Waals surface area contributed by atoms with Crippen molar-refractivity contribution in [3.63, 3.8) is 0 Å². The summed E-state index contributed by atoms with van der Waals surface area (Å²) in [5.41, 5.74) is 5.86. The quantitative estimate of drug-likeness (QED) is 0.733. The number of hydrogen-bond acceptors (Lipinski definition) is 2. The molecule has 1 amide bonds. The fourth-order valence-corrected chi connectivity index (χ4v) is 1.38. The van der Waals surface area contributed by atoms with Gasteiger partial charge in [-0.05, 0) is 18.8 Å². The van der Waals surface area contributed by atoms with Gasteiger partial charge in [-0.2, -0.15) is 0 Å². The number of carbonyl (C=O) groups excluding carboxylic acids is 1. The van der Waals surface area contributed by atoms with Crippen LogP contribution in [-0.4, -0.2) is 29.9 Å². The molecule has 0 fully saturated rings. The van der Waals surface area contributed by atoms with E-state index in [0.29, 0.717) is 5.92 Å². The van der Waals surface area contributed by atoms with E-state index in [1.165, 1.54) is 0 Å². The number of carbonyl (C=O) groups is 1. The predicted molar refractivity (Wildman–Crippen MR) is 64.5 cm³/mol. The summed E-state index contributed by atoms with van der Waals surface area (Å²) in [4.78, 5) is 13.8. The van der Waals surface area contributed by atoms with Crippen LogP contribution in [0.15, 0.2) is 0 Å². The SMILES string of the molecule is CCC(C)CN(CC)C(=O)[C@H](N)C(C)C. The van der Waals surface area contributed by atoms with Gasteiger partial charge in [0.1, 0.15) is 0 Å². The maximum absolute atomic E-state index is 12.0. The van der Waals surface area contributed by atoms with Gasteiger partial charge < -0.3 is 10.6 Å². The molecule has 0 aliphatic heterocycles. The van der Waals surface area contributed by atoms with Crippen LogP contribution in [0.3, 0.4) is 0 Å². The van der Waals surface area contributed by atoms with Crippen LogP contribution in [0.1, 0.15) is 41.0 Å². The van der Waals surface area contributed by atoms with Gasteiger partial charge in [-0.1, -0.05) is 34.1 Å². The average Bonchev–Trinajstić information content (AvgIpc) is 2.23. The van der Waals surface area contributed by atoms with E-state index in [2.05, 4.69) is 13.8 Å². The third-order valence-electron chi connectivity index (χ3n) is 2.93. The first-order chi connectivity index (χ1) is 6.93. The Morgan fingerprint density at radius 1 is 1.27 bits per heavy atom. The summed E-state index contributed by atoms with van der Waals surface area (Å²) in [6.45, 7) is 11.9. The number of hydrogen-bond donors (Lipinski definition) is 1. The third-order valence-corrected chi connectivity index (χ3v) is 2.93. The van der Waals surface area contributed by atoms with Gasteiger partial charge in [0.25, 0.3) is 0 Å². The molecule has 0 aliphatic carbocycles. The van der Waals surface area contributed by atoms with E-state index in [1.54, 1.807) is 0 Å². The van der Waals surface area contributed by atoms with E-state index in [1.807, 2.05) is 25.7 Å². The molecule has 2 atom stereocenters. The highest BCUT2D eigenvalue weighted by atomic mass is 16.2. The van der Waals surface area contributed by atoms with Crippen molar-refractivity contribution in [3.05, 3.63) is 0 Å². The summed E-state index contributed by atoms with van der Waals surface area (Å²) in [7, 11) is 0. The Balaban J connectivity index is 4.34. The van der Waals surface area contributed by atoms with Gasteiger partial charge in [-0.25, -0.2) is 0 Å². The van der Waals surface area contributed by atoms with Crippen molar-refractivity contribution in [3.8, 4) is 0 Å². The number of amides is 1. The second-order valence-corrected chi connectivity index (χ2v) is 4.66. The summed E-state index contributed by atoms with van der Waals surface area (Å²) < 4.78 is 0.